The Balaban J connectivity index is 1.40. The minimum absolute atomic E-state index is 0.0319. The summed E-state index contributed by atoms with van der Waals surface area (Å²) in [5.74, 6) is 1.95. The molecule has 4 rings (SSSR count). The highest BCUT2D eigenvalue weighted by Gasteiger charge is 2.19. The Labute approximate surface area is 188 Å². The van der Waals surface area contributed by atoms with Gasteiger partial charge in [-0.15, -0.1) is 10.2 Å². The number of aromatic nitrogens is 2. The topological polar surface area (TPSA) is 94.1 Å². The number of non-ortho nitro benzene ring substituents is 1. The van der Waals surface area contributed by atoms with E-state index in [1.165, 1.54) is 55.4 Å². The van der Waals surface area contributed by atoms with E-state index in [0.29, 0.717) is 35.7 Å². The van der Waals surface area contributed by atoms with Crippen LogP contribution in [0.25, 0.3) is 11.5 Å². The second-order valence-electron chi connectivity index (χ2n) is 8.91. The molecule has 7 heteroatoms. The lowest BCUT2D eigenvalue weighted by molar-refractivity contribution is -0.384. The van der Waals surface area contributed by atoms with E-state index in [2.05, 4.69) is 53.6 Å². The number of nitrogens with one attached hydrogen (secondary N) is 1. The molecule has 168 valence electrons. The fourth-order valence-corrected chi connectivity index (χ4v) is 4.51. The third kappa shape index (κ3) is 5.22. The first kappa shape index (κ1) is 22.1. The van der Waals surface area contributed by atoms with Crippen LogP contribution in [0.15, 0.2) is 52.9 Å². The maximum atomic E-state index is 10.8. The normalized spacial score (nSPS) is 15.7. The average molecular weight is 435 g/mol. The molecule has 0 aliphatic heterocycles. The molecule has 0 spiro atoms. The SMILES string of the molecule is CC(C)C(NCc1nnc(-c2ccc([N+](=O)[O-])cc2)o1)c1ccc(C2CCCCC2)cc1. The monoisotopic (exact) mass is 434 g/mol. The van der Waals surface area contributed by atoms with Crippen LogP contribution < -0.4 is 5.32 Å². The van der Waals surface area contributed by atoms with Crippen molar-refractivity contribution >= 4 is 5.69 Å². The van der Waals surface area contributed by atoms with Gasteiger partial charge in [-0.2, -0.15) is 0 Å². The number of benzene rings is 2. The number of nitro groups is 1. The number of hydrogen-bond acceptors (Lipinski definition) is 6. The van der Waals surface area contributed by atoms with Crippen molar-refractivity contribution in [3.8, 4) is 11.5 Å². The molecule has 1 unspecified atom stereocenters. The summed E-state index contributed by atoms with van der Waals surface area (Å²) in [6, 6.07) is 15.4. The summed E-state index contributed by atoms with van der Waals surface area (Å²) in [7, 11) is 0. The highest BCUT2D eigenvalue weighted by Crippen LogP contribution is 2.33. The maximum absolute atomic E-state index is 10.8. The van der Waals surface area contributed by atoms with Crippen molar-refractivity contribution in [1.29, 1.82) is 0 Å². The van der Waals surface area contributed by atoms with Crippen LogP contribution in [0.3, 0.4) is 0 Å². The van der Waals surface area contributed by atoms with Gasteiger partial charge in [-0.1, -0.05) is 57.4 Å². The first-order chi connectivity index (χ1) is 15.5. The Morgan fingerprint density at radius 2 is 1.72 bits per heavy atom. The number of nitro benzene ring substituents is 1. The second kappa shape index (κ2) is 10.0. The Kier molecular flexibility index (Phi) is 6.95. The lowest BCUT2D eigenvalue weighted by atomic mass is 9.83. The maximum Gasteiger partial charge on any atom is 0.269 e. The van der Waals surface area contributed by atoms with Crippen molar-refractivity contribution < 1.29 is 9.34 Å². The highest BCUT2D eigenvalue weighted by molar-refractivity contribution is 5.55. The zero-order valence-corrected chi connectivity index (χ0v) is 18.7. The van der Waals surface area contributed by atoms with E-state index < -0.39 is 4.92 Å². The first-order valence-corrected chi connectivity index (χ1v) is 11.4. The fourth-order valence-electron chi connectivity index (χ4n) is 4.51. The molecule has 1 saturated carbocycles. The van der Waals surface area contributed by atoms with Crippen LogP contribution >= 0.6 is 0 Å². The molecule has 0 radical (unpaired) electrons. The third-order valence-electron chi connectivity index (χ3n) is 6.30. The lowest BCUT2D eigenvalue weighted by Crippen LogP contribution is -2.25. The predicted molar refractivity (Wildman–Crippen MR) is 123 cm³/mol. The van der Waals surface area contributed by atoms with Gasteiger partial charge in [0, 0.05) is 23.7 Å². The van der Waals surface area contributed by atoms with Crippen molar-refractivity contribution in [2.75, 3.05) is 0 Å². The van der Waals surface area contributed by atoms with Crippen LogP contribution in [-0.4, -0.2) is 15.1 Å². The quantitative estimate of drug-likeness (QED) is 0.336. The summed E-state index contributed by atoms with van der Waals surface area (Å²) in [6.45, 7) is 4.85. The summed E-state index contributed by atoms with van der Waals surface area (Å²) in [5.41, 5.74) is 3.41. The Morgan fingerprint density at radius 3 is 2.34 bits per heavy atom. The van der Waals surface area contributed by atoms with Gasteiger partial charge in [-0.25, -0.2) is 0 Å². The van der Waals surface area contributed by atoms with Gasteiger partial charge in [-0.05, 0) is 47.9 Å². The van der Waals surface area contributed by atoms with Crippen molar-refractivity contribution in [3.05, 3.63) is 75.7 Å². The summed E-state index contributed by atoms with van der Waals surface area (Å²) < 4.78 is 5.78. The van der Waals surface area contributed by atoms with Gasteiger partial charge in [0.1, 0.15) is 0 Å². The van der Waals surface area contributed by atoms with Crippen LogP contribution in [0.4, 0.5) is 5.69 Å². The van der Waals surface area contributed by atoms with Gasteiger partial charge in [0.25, 0.3) is 5.69 Å². The van der Waals surface area contributed by atoms with Crippen LogP contribution in [0.2, 0.25) is 0 Å². The van der Waals surface area contributed by atoms with Gasteiger partial charge in [0.2, 0.25) is 11.8 Å². The van der Waals surface area contributed by atoms with Gasteiger partial charge in [0.05, 0.1) is 11.5 Å². The van der Waals surface area contributed by atoms with Crippen molar-refractivity contribution in [2.45, 2.75) is 64.5 Å². The van der Waals surface area contributed by atoms with Crippen LogP contribution in [0.5, 0.6) is 0 Å². The standard InChI is InChI=1S/C25H30N4O3/c1-17(2)24(20-10-8-19(9-11-20)18-6-4-3-5-7-18)26-16-23-27-28-25(32-23)21-12-14-22(15-13-21)29(30)31/h8-15,17-18,24,26H,3-7,16H2,1-2H3. The molecule has 1 fully saturated rings. The van der Waals surface area contributed by atoms with Crippen LogP contribution in [0, 0.1) is 16.0 Å². The van der Waals surface area contributed by atoms with Crippen LogP contribution in [-0.2, 0) is 6.54 Å². The molecule has 1 heterocycles. The zero-order valence-electron chi connectivity index (χ0n) is 18.7. The van der Waals surface area contributed by atoms with E-state index in [1.807, 2.05) is 0 Å². The Bertz CT molecular complexity index is 1020. The van der Waals surface area contributed by atoms with Crippen molar-refractivity contribution in [1.82, 2.24) is 15.5 Å². The zero-order chi connectivity index (χ0) is 22.5. The summed E-state index contributed by atoms with van der Waals surface area (Å²) in [4.78, 5) is 10.4. The molecule has 0 saturated heterocycles. The van der Waals surface area contributed by atoms with Crippen molar-refractivity contribution in [3.63, 3.8) is 0 Å². The molecule has 0 bridgehead atoms. The average Bonchev–Trinajstić information content (AvgIpc) is 3.29. The molecule has 1 aliphatic rings. The lowest BCUT2D eigenvalue weighted by Gasteiger charge is -2.25. The molecule has 3 aromatic rings. The highest BCUT2D eigenvalue weighted by atomic mass is 16.6. The summed E-state index contributed by atoms with van der Waals surface area (Å²) in [6.07, 6.45) is 6.66. The smallest absolute Gasteiger partial charge is 0.269 e. The van der Waals surface area contributed by atoms with E-state index in [1.54, 1.807) is 12.1 Å². The first-order valence-electron chi connectivity index (χ1n) is 11.4. The largest absolute Gasteiger partial charge is 0.419 e. The van der Waals surface area contributed by atoms with E-state index >= 15 is 0 Å². The van der Waals surface area contributed by atoms with E-state index in [9.17, 15) is 10.1 Å². The Hall–Kier alpha value is -3.06. The van der Waals surface area contributed by atoms with E-state index in [0.717, 1.165) is 0 Å². The van der Waals surface area contributed by atoms with Gasteiger partial charge >= 0.3 is 0 Å². The molecule has 7 nitrogen and oxygen atoms in total. The number of rotatable bonds is 8. The molecular weight excluding hydrogens is 404 g/mol. The number of nitrogens with zero attached hydrogens (tertiary/aromatic N) is 3. The Morgan fingerprint density at radius 1 is 1.03 bits per heavy atom. The number of hydrogen-bond donors (Lipinski definition) is 1. The molecule has 1 aromatic heterocycles. The summed E-state index contributed by atoms with van der Waals surface area (Å²) >= 11 is 0. The second-order valence-corrected chi connectivity index (χ2v) is 8.91. The molecular formula is C25H30N4O3. The van der Waals surface area contributed by atoms with E-state index in [4.69, 9.17) is 4.42 Å². The third-order valence-corrected chi connectivity index (χ3v) is 6.30. The minimum atomic E-state index is -0.430. The minimum Gasteiger partial charge on any atom is -0.419 e. The molecule has 1 N–H and O–H groups in total. The molecule has 0 amide bonds. The van der Waals surface area contributed by atoms with Gasteiger partial charge in [-0.3, -0.25) is 10.1 Å². The molecule has 1 atom stereocenters. The molecule has 32 heavy (non-hydrogen) atoms. The fraction of sp³-hybridized carbons (Fsp3) is 0.440. The summed E-state index contributed by atoms with van der Waals surface area (Å²) in [5, 5.41) is 22.6. The predicted octanol–water partition coefficient (Wildman–Crippen LogP) is 6.18. The van der Waals surface area contributed by atoms with Gasteiger partial charge < -0.3 is 9.73 Å². The van der Waals surface area contributed by atoms with Crippen LogP contribution in [0.1, 0.15) is 74.9 Å². The van der Waals surface area contributed by atoms with E-state index in [-0.39, 0.29) is 11.7 Å². The van der Waals surface area contributed by atoms with Gasteiger partial charge in [0.15, 0.2) is 0 Å². The molecule has 2 aromatic carbocycles. The molecule has 1 aliphatic carbocycles. The van der Waals surface area contributed by atoms with Crippen molar-refractivity contribution in [2.24, 2.45) is 5.92 Å².